The molecular formula is C18H22N3OS+. The molecule has 0 aromatic heterocycles. The molecule has 0 aliphatic heterocycles. The van der Waals surface area contributed by atoms with E-state index in [1.807, 2.05) is 48.5 Å². The first-order chi connectivity index (χ1) is 10.9. The van der Waals surface area contributed by atoms with Gasteiger partial charge in [0.15, 0.2) is 0 Å². The van der Waals surface area contributed by atoms with Crippen molar-refractivity contribution in [2.24, 2.45) is 5.10 Å². The monoisotopic (exact) mass is 328 g/mol. The van der Waals surface area contributed by atoms with Crippen LogP contribution in [-0.4, -0.2) is 19.0 Å². The summed E-state index contributed by atoms with van der Waals surface area (Å²) in [5, 5.41) is 10.4. The van der Waals surface area contributed by atoms with Crippen LogP contribution in [0.2, 0.25) is 0 Å². The van der Waals surface area contributed by atoms with Crippen LogP contribution in [0.3, 0.4) is 0 Å². The van der Waals surface area contributed by atoms with E-state index in [1.54, 1.807) is 13.3 Å². The molecule has 0 saturated carbocycles. The molecule has 4 nitrogen and oxygen atoms in total. The van der Waals surface area contributed by atoms with E-state index in [2.05, 4.69) is 37.0 Å². The highest BCUT2D eigenvalue weighted by molar-refractivity contribution is 7.80. The zero-order valence-electron chi connectivity index (χ0n) is 13.6. The molecule has 0 spiro atoms. The summed E-state index contributed by atoms with van der Waals surface area (Å²) in [5.74, 6) is 0.804. The number of nitrogens with zero attached hydrogens (tertiary/aromatic N) is 1. The SMILES string of the molecule is COc1ccc(N/N=C/C(=[NH2+])C(C)(C)c2cccc(S)c2)cc1. The number of methoxy groups -OCH3 is 1. The smallest absolute Gasteiger partial charge is 0.203 e. The highest BCUT2D eigenvalue weighted by atomic mass is 32.1. The largest absolute Gasteiger partial charge is 0.497 e. The van der Waals surface area contributed by atoms with E-state index in [9.17, 15) is 0 Å². The summed E-state index contributed by atoms with van der Waals surface area (Å²) in [6.07, 6.45) is 1.65. The Morgan fingerprint density at radius 3 is 2.52 bits per heavy atom. The molecule has 2 aromatic carbocycles. The van der Waals surface area contributed by atoms with Crippen molar-refractivity contribution in [1.82, 2.24) is 0 Å². The van der Waals surface area contributed by atoms with Crippen molar-refractivity contribution in [1.29, 1.82) is 0 Å². The number of benzene rings is 2. The van der Waals surface area contributed by atoms with Gasteiger partial charge in [-0.2, -0.15) is 5.10 Å². The van der Waals surface area contributed by atoms with Gasteiger partial charge in [0.1, 0.15) is 12.0 Å². The molecule has 0 aliphatic carbocycles. The van der Waals surface area contributed by atoms with E-state index < -0.39 is 0 Å². The second kappa shape index (κ2) is 7.33. The lowest BCUT2D eigenvalue weighted by Gasteiger charge is -2.20. The fourth-order valence-corrected chi connectivity index (χ4v) is 2.29. The van der Waals surface area contributed by atoms with Crippen molar-refractivity contribution in [2.45, 2.75) is 24.2 Å². The fourth-order valence-electron chi connectivity index (χ4n) is 2.06. The molecule has 0 radical (unpaired) electrons. The lowest BCUT2D eigenvalue weighted by Crippen LogP contribution is -2.51. The number of thiol groups is 1. The van der Waals surface area contributed by atoms with Crippen LogP contribution in [0, 0.1) is 0 Å². The molecule has 23 heavy (non-hydrogen) atoms. The summed E-state index contributed by atoms with van der Waals surface area (Å²) in [5.41, 5.74) is 5.26. The minimum Gasteiger partial charge on any atom is -0.497 e. The third-order valence-corrected chi connectivity index (χ3v) is 4.06. The zero-order valence-corrected chi connectivity index (χ0v) is 14.5. The lowest BCUT2D eigenvalue weighted by atomic mass is 9.80. The van der Waals surface area contributed by atoms with E-state index >= 15 is 0 Å². The summed E-state index contributed by atoms with van der Waals surface area (Å²) < 4.78 is 5.12. The number of ether oxygens (including phenoxy) is 1. The number of hydrogen-bond donors (Lipinski definition) is 3. The molecule has 0 heterocycles. The van der Waals surface area contributed by atoms with Crippen LogP contribution in [0.4, 0.5) is 5.69 Å². The Bertz CT molecular complexity index is 708. The maximum absolute atomic E-state index is 6.23. The molecule has 120 valence electrons. The third kappa shape index (κ3) is 4.36. The van der Waals surface area contributed by atoms with Crippen molar-refractivity contribution < 1.29 is 10.1 Å². The number of anilines is 1. The Labute approximate surface area is 142 Å². The molecule has 5 heteroatoms. The minimum absolute atomic E-state index is 0.330. The van der Waals surface area contributed by atoms with E-state index in [4.69, 9.17) is 10.1 Å². The predicted octanol–water partition coefficient (Wildman–Crippen LogP) is 2.56. The van der Waals surface area contributed by atoms with Gasteiger partial charge in [0.25, 0.3) is 0 Å². The van der Waals surface area contributed by atoms with E-state index in [1.165, 1.54) is 0 Å². The van der Waals surface area contributed by atoms with Crippen LogP contribution in [0.15, 0.2) is 58.5 Å². The second-order valence-electron chi connectivity index (χ2n) is 5.73. The van der Waals surface area contributed by atoms with Crippen LogP contribution in [-0.2, 0) is 5.41 Å². The summed E-state index contributed by atoms with van der Waals surface area (Å²) >= 11 is 4.38. The number of rotatable bonds is 6. The first-order valence-electron chi connectivity index (χ1n) is 7.29. The van der Waals surface area contributed by atoms with Crippen molar-refractivity contribution in [3.8, 4) is 5.75 Å². The van der Waals surface area contributed by atoms with Crippen LogP contribution < -0.4 is 15.6 Å². The van der Waals surface area contributed by atoms with Crippen molar-refractivity contribution in [2.75, 3.05) is 12.5 Å². The number of hydrogen-bond acceptors (Lipinski definition) is 4. The molecule has 0 unspecified atom stereocenters. The summed E-state index contributed by atoms with van der Waals surface area (Å²) in [6, 6.07) is 15.5. The maximum atomic E-state index is 6.23. The van der Waals surface area contributed by atoms with Gasteiger partial charge in [-0.3, -0.25) is 10.8 Å². The van der Waals surface area contributed by atoms with Gasteiger partial charge in [-0.25, -0.2) is 0 Å². The Kier molecular flexibility index (Phi) is 5.45. The minimum atomic E-state index is -0.330. The van der Waals surface area contributed by atoms with Gasteiger partial charge in [0.05, 0.1) is 18.2 Å². The summed E-state index contributed by atoms with van der Waals surface area (Å²) in [7, 11) is 1.64. The molecule has 0 fully saturated rings. The molecule has 0 saturated heterocycles. The molecule has 0 aliphatic rings. The molecule has 0 atom stereocenters. The van der Waals surface area contributed by atoms with Gasteiger partial charge in [-0.15, -0.1) is 12.6 Å². The van der Waals surface area contributed by atoms with Crippen molar-refractivity contribution >= 4 is 30.2 Å². The average Bonchev–Trinajstić information content (AvgIpc) is 2.55. The molecule has 0 amide bonds. The van der Waals surface area contributed by atoms with Crippen LogP contribution >= 0.6 is 12.6 Å². The zero-order chi connectivity index (χ0) is 16.9. The van der Waals surface area contributed by atoms with E-state index in [0.29, 0.717) is 5.71 Å². The Morgan fingerprint density at radius 2 is 1.91 bits per heavy atom. The summed E-state index contributed by atoms with van der Waals surface area (Å²) in [4.78, 5) is 0.914. The van der Waals surface area contributed by atoms with Gasteiger partial charge in [0, 0.05) is 4.90 Å². The molecule has 3 N–H and O–H groups in total. The normalized spacial score (nSPS) is 11.5. The van der Waals surface area contributed by atoms with Gasteiger partial charge < -0.3 is 4.74 Å². The second-order valence-corrected chi connectivity index (χ2v) is 6.25. The average molecular weight is 328 g/mol. The van der Waals surface area contributed by atoms with Crippen LogP contribution in [0.1, 0.15) is 19.4 Å². The standard InChI is InChI=1S/C18H21N3OS/c1-18(2,13-5-4-6-16(23)11-13)17(19)12-20-21-14-7-9-15(22-3)10-8-14/h4-12,19,21,23H,1-3H3/p+1/b19-17?,20-12+. The van der Waals surface area contributed by atoms with E-state index in [-0.39, 0.29) is 5.41 Å². The van der Waals surface area contributed by atoms with Gasteiger partial charge in [-0.1, -0.05) is 12.1 Å². The van der Waals surface area contributed by atoms with E-state index in [0.717, 1.165) is 21.9 Å². The first-order valence-corrected chi connectivity index (χ1v) is 7.74. The highest BCUT2D eigenvalue weighted by Gasteiger charge is 2.29. The quantitative estimate of drug-likeness (QED) is 0.434. The predicted molar refractivity (Wildman–Crippen MR) is 98.8 cm³/mol. The third-order valence-electron chi connectivity index (χ3n) is 3.78. The number of hydrazone groups is 1. The van der Waals surface area contributed by atoms with Gasteiger partial charge in [-0.05, 0) is 55.8 Å². The van der Waals surface area contributed by atoms with Crippen LogP contribution in [0.5, 0.6) is 5.75 Å². The van der Waals surface area contributed by atoms with Gasteiger partial charge in [0.2, 0.25) is 5.71 Å². The highest BCUT2D eigenvalue weighted by Crippen LogP contribution is 2.25. The molecule has 0 bridgehead atoms. The Hall–Kier alpha value is -2.27. The maximum Gasteiger partial charge on any atom is 0.203 e. The van der Waals surface area contributed by atoms with Crippen molar-refractivity contribution in [3.63, 3.8) is 0 Å². The first kappa shape index (κ1) is 17.1. The molecule has 2 aromatic rings. The molecular weight excluding hydrogens is 306 g/mol. The topological polar surface area (TPSA) is 59.2 Å². The number of nitrogens with two attached hydrogens (primary N) is 1. The Morgan fingerprint density at radius 1 is 1.22 bits per heavy atom. The molecule has 2 rings (SSSR count). The van der Waals surface area contributed by atoms with Crippen LogP contribution in [0.25, 0.3) is 0 Å². The fraction of sp³-hybridized carbons (Fsp3) is 0.222. The Balaban J connectivity index is 2.04. The van der Waals surface area contributed by atoms with Gasteiger partial charge >= 0.3 is 0 Å². The summed E-state index contributed by atoms with van der Waals surface area (Å²) in [6.45, 7) is 4.12. The van der Waals surface area contributed by atoms with Crippen molar-refractivity contribution in [3.05, 3.63) is 54.1 Å². The lowest BCUT2D eigenvalue weighted by molar-refractivity contribution is -0.116. The number of nitrogens with one attached hydrogen (secondary N) is 1.